The van der Waals surface area contributed by atoms with Gasteiger partial charge in [-0.15, -0.1) is 0 Å². The molecule has 0 spiro atoms. The Bertz CT molecular complexity index is 1300. The van der Waals surface area contributed by atoms with Gasteiger partial charge in [-0.25, -0.2) is 8.42 Å². The summed E-state index contributed by atoms with van der Waals surface area (Å²) in [5, 5.41) is 2.04. The van der Waals surface area contributed by atoms with Crippen molar-refractivity contribution in [3.05, 3.63) is 65.2 Å². The van der Waals surface area contributed by atoms with Gasteiger partial charge < -0.3 is 9.64 Å². The largest absolute Gasteiger partial charge is 0.496 e. The van der Waals surface area contributed by atoms with Crippen molar-refractivity contribution in [2.75, 3.05) is 24.9 Å². The average Bonchev–Trinajstić information content (AvgIpc) is 3.25. The van der Waals surface area contributed by atoms with Gasteiger partial charge in [-0.3, -0.25) is 9.52 Å². The molecule has 1 aliphatic carbocycles. The van der Waals surface area contributed by atoms with Gasteiger partial charge in [0.15, 0.2) is 0 Å². The number of hydrogen-bond donors (Lipinski definition) is 1. The minimum absolute atomic E-state index is 0.0434. The first-order valence-electron chi connectivity index (χ1n) is 11.0. The van der Waals surface area contributed by atoms with Crippen LogP contribution in [0, 0.1) is 0 Å². The van der Waals surface area contributed by atoms with Crippen molar-refractivity contribution in [3.8, 4) is 5.75 Å². The first-order valence-corrected chi connectivity index (χ1v) is 12.5. The third kappa shape index (κ3) is 3.60. The van der Waals surface area contributed by atoms with E-state index in [0.29, 0.717) is 24.5 Å². The van der Waals surface area contributed by atoms with E-state index >= 15 is 0 Å². The monoisotopic (exact) mass is 450 g/mol. The number of rotatable bonds is 5. The standard InChI is InChI=1S/C25H26N2O4S/c1-31-23-13-11-19(16-21(23)25(28)27-14-3-2-4-15-27)32(29,30)26-22-12-10-18-9-8-17-6-5-7-20(22)24(17)18/h5-7,10-13,16,26H,2-4,8-9,14-15H2,1H3. The molecule has 1 aliphatic heterocycles. The first kappa shape index (κ1) is 20.8. The number of methoxy groups -OCH3 is 1. The highest BCUT2D eigenvalue weighted by atomic mass is 32.2. The average molecular weight is 451 g/mol. The Morgan fingerprint density at radius 1 is 0.969 bits per heavy atom. The number of carbonyl (C=O) groups excluding carboxylic acids is 1. The van der Waals surface area contributed by atoms with Crippen LogP contribution < -0.4 is 9.46 Å². The molecule has 1 N–H and O–H groups in total. The van der Waals surface area contributed by atoms with Gasteiger partial charge in [-0.1, -0.05) is 24.3 Å². The number of carbonyl (C=O) groups is 1. The van der Waals surface area contributed by atoms with Crippen LogP contribution in [0.2, 0.25) is 0 Å². The zero-order valence-corrected chi connectivity index (χ0v) is 18.9. The molecule has 166 valence electrons. The molecule has 0 atom stereocenters. The number of likely N-dealkylation sites (tertiary alicyclic amines) is 1. The van der Waals surface area contributed by atoms with Gasteiger partial charge in [0.1, 0.15) is 5.75 Å². The molecule has 32 heavy (non-hydrogen) atoms. The maximum Gasteiger partial charge on any atom is 0.261 e. The molecule has 1 amide bonds. The predicted molar refractivity (Wildman–Crippen MR) is 125 cm³/mol. The highest BCUT2D eigenvalue weighted by Crippen LogP contribution is 2.36. The summed E-state index contributed by atoms with van der Waals surface area (Å²) < 4.78 is 34.7. The summed E-state index contributed by atoms with van der Waals surface area (Å²) in [5.74, 6) is 0.189. The second kappa shape index (κ2) is 8.13. The van der Waals surface area contributed by atoms with E-state index in [4.69, 9.17) is 4.74 Å². The third-order valence-electron chi connectivity index (χ3n) is 6.48. The Labute approximate surface area is 188 Å². The lowest BCUT2D eigenvalue weighted by atomic mass is 10.0. The van der Waals surface area contributed by atoms with Crippen LogP contribution in [0.4, 0.5) is 5.69 Å². The molecule has 5 rings (SSSR count). The fourth-order valence-corrected chi connectivity index (χ4v) is 5.93. The summed E-state index contributed by atoms with van der Waals surface area (Å²) in [7, 11) is -2.41. The van der Waals surface area contributed by atoms with Gasteiger partial charge in [0.25, 0.3) is 15.9 Å². The van der Waals surface area contributed by atoms with Crippen molar-refractivity contribution >= 4 is 32.4 Å². The first-order chi connectivity index (χ1) is 15.5. The quantitative estimate of drug-likeness (QED) is 0.626. The van der Waals surface area contributed by atoms with Gasteiger partial charge in [0.05, 0.1) is 23.3 Å². The molecule has 1 fully saturated rings. The minimum atomic E-state index is -3.90. The van der Waals surface area contributed by atoms with Crippen LogP contribution in [0.25, 0.3) is 10.8 Å². The third-order valence-corrected chi connectivity index (χ3v) is 7.84. The smallest absolute Gasteiger partial charge is 0.261 e. The van der Waals surface area contributed by atoms with E-state index < -0.39 is 10.0 Å². The Morgan fingerprint density at radius 2 is 1.72 bits per heavy atom. The molecule has 2 aliphatic rings. The maximum atomic E-state index is 13.3. The zero-order valence-electron chi connectivity index (χ0n) is 18.1. The number of piperidine rings is 1. The summed E-state index contributed by atoms with van der Waals surface area (Å²) in [6.45, 7) is 1.36. The van der Waals surface area contributed by atoms with Crippen molar-refractivity contribution in [1.82, 2.24) is 4.90 Å². The van der Waals surface area contributed by atoms with Crippen LogP contribution in [0.5, 0.6) is 5.75 Å². The summed E-state index contributed by atoms with van der Waals surface area (Å²) in [5.41, 5.74) is 3.32. The van der Waals surface area contributed by atoms with Crippen LogP contribution in [-0.2, 0) is 22.9 Å². The minimum Gasteiger partial charge on any atom is -0.496 e. The molecule has 0 radical (unpaired) electrons. The molecule has 0 bridgehead atoms. The van der Waals surface area contributed by atoms with E-state index in [9.17, 15) is 13.2 Å². The Morgan fingerprint density at radius 3 is 2.47 bits per heavy atom. The lowest BCUT2D eigenvalue weighted by Crippen LogP contribution is -2.35. The predicted octanol–water partition coefficient (Wildman–Crippen LogP) is 4.37. The number of anilines is 1. The van der Waals surface area contributed by atoms with Gasteiger partial charge >= 0.3 is 0 Å². The normalized spacial score (nSPS) is 15.7. The molecular weight excluding hydrogens is 424 g/mol. The van der Waals surface area contributed by atoms with E-state index in [-0.39, 0.29) is 16.4 Å². The van der Waals surface area contributed by atoms with Crippen LogP contribution >= 0.6 is 0 Å². The fourth-order valence-electron chi connectivity index (χ4n) is 4.83. The van der Waals surface area contributed by atoms with Crippen LogP contribution in [0.1, 0.15) is 40.7 Å². The Kier molecular flexibility index (Phi) is 5.29. The van der Waals surface area contributed by atoms with Gasteiger partial charge in [-0.2, -0.15) is 0 Å². The van der Waals surface area contributed by atoms with E-state index in [0.717, 1.165) is 42.9 Å². The second-order valence-electron chi connectivity index (χ2n) is 8.43. The maximum absolute atomic E-state index is 13.3. The van der Waals surface area contributed by atoms with E-state index in [1.165, 1.54) is 30.4 Å². The highest BCUT2D eigenvalue weighted by molar-refractivity contribution is 7.92. The molecule has 0 unspecified atom stereocenters. The van der Waals surface area contributed by atoms with E-state index in [2.05, 4.69) is 10.8 Å². The van der Waals surface area contributed by atoms with E-state index in [1.807, 2.05) is 24.3 Å². The SMILES string of the molecule is COc1ccc(S(=O)(=O)Nc2ccc3c4c(cccc24)CC3)cc1C(=O)N1CCCCC1. The molecule has 7 heteroatoms. The highest BCUT2D eigenvalue weighted by Gasteiger charge is 2.25. The molecule has 0 aromatic heterocycles. The van der Waals surface area contributed by atoms with Crippen molar-refractivity contribution < 1.29 is 17.9 Å². The van der Waals surface area contributed by atoms with Crippen LogP contribution in [-0.4, -0.2) is 39.4 Å². The number of ether oxygens (including phenoxy) is 1. The number of hydrogen-bond acceptors (Lipinski definition) is 4. The summed E-state index contributed by atoms with van der Waals surface area (Å²) >= 11 is 0. The topological polar surface area (TPSA) is 75.7 Å². The lowest BCUT2D eigenvalue weighted by Gasteiger charge is -2.27. The number of aryl methyl sites for hydroxylation is 2. The molecule has 3 aromatic carbocycles. The Hall–Kier alpha value is -3.06. The summed E-state index contributed by atoms with van der Waals surface area (Å²) in [6.07, 6.45) is 4.97. The fraction of sp³-hybridized carbons (Fsp3) is 0.320. The zero-order chi connectivity index (χ0) is 22.3. The lowest BCUT2D eigenvalue weighted by molar-refractivity contribution is 0.0720. The molecule has 3 aromatic rings. The van der Waals surface area contributed by atoms with Crippen molar-refractivity contribution in [1.29, 1.82) is 0 Å². The summed E-state index contributed by atoms with van der Waals surface area (Å²) in [6, 6.07) is 14.3. The van der Waals surface area contributed by atoms with Crippen molar-refractivity contribution in [2.24, 2.45) is 0 Å². The number of nitrogens with zero attached hydrogens (tertiary/aromatic N) is 1. The second-order valence-corrected chi connectivity index (χ2v) is 10.1. The molecule has 1 saturated heterocycles. The van der Waals surface area contributed by atoms with Crippen LogP contribution in [0.3, 0.4) is 0 Å². The van der Waals surface area contributed by atoms with Gasteiger partial charge in [0, 0.05) is 18.5 Å². The Balaban J connectivity index is 1.51. The van der Waals surface area contributed by atoms with Gasteiger partial charge in [0.2, 0.25) is 0 Å². The molecule has 6 nitrogen and oxygen atoms in total. The number of sulfonamides is 1. The number of amides is 1. The van der Waals surface area contributed by atoms with Crippen LogP contribution in [0.15, 0.2) is 53.4 Å². The molecule has 1 heterocycles. The van der Waals surface area contributed by atoms with E-state index in [1.54, 1.807) is 11.0 Å². The molecular formula is C25H26N2O4S. The van der Waals surface area contributed by atoms with Crippen molar-refractivity contribution in [3.63, 3.8) is 0 Å². The summed E-state index contributed by atoms with van der Waals surface area (Å²) in [4.78, 5) is 14.9. The number of nitrogens with one attached hydrogen (secondary N) is 1. The van der Waals surface area contributed by atoms with Crippen molar-refractivity contribution in [2.45, 2.75) is 37.0 Å². The van der Waals surface area contributed by atoms with Gasteiger partial charge in [-0.05, 0) is 72.9 Å². The molecule has 0 saturated carbocycles. The number of benzene rings is 3.